The van der Waals surface area contributed by atoms with Crippen LogP contribution >= 0.6 is 0 Å². The lowest BCUT2D eigenvalue weighted by molar-refractivity contribution is 0.0512. The summed E-state index contributed by atoms with van der Waals surface area (Å²) in [6, 6.07) is 5.80. The van der Waals surface area contributed by atoms with E-state index in [-0.39, 0.29) is 30.1 Å². The molecule has 3 rings (SSSR count). The number of anilines is 1. The zero-order valence-corrected chi connectivity index (χ0v) is 15.2. The molecule has 0 saturated carbocycles. The molecule has 3 aromatic rings. The molecule has 1 N–H and O–H groups in total. The van der Waals surface area contributed by atoms with E-state index in [2.05, 4.69) is 20.4 Å². The standard InChI is InChI=1S/C18H19FN4O4/c1-4-26-18(24)16-21-15(20-9-10(2)25-3)13-14(23-27-17(13)22-16)11-5-7-12(19)8-6-11/h5-8,10H,4,9H2,1-3H3,(H,20,21,22). The van der Waals surface area contributed by atoms with Gasteiger partial charge in [-0.15, -0.1) is 0 Å². The highest BCUT2D eigenvalue weighted by Gasteiger charge is 2.22. The Hall–Kier alpha value is -3.07. The topological polar surface area (TPSA) is 99.4 Å². The number of methoxy groups -OCH3 is 1. The minimum absolute atomic E-state index is 0.102. The molecule has 0 amide bonds. The Bertz CT molecular complexity index is 942. The van der Waals surface area contributed by atoms with Gasteiger partial charge < -0.3 is 19.3 Å². The molecule has 0 aliphatic heterocycles. The number of carbonyl (C=O) groups excluding carboxylic acids is 1. The molecule has 0 spiro atoms. The summed E-state index contributed by atoms with van der Waals surface area (Å²) in [4.78, 5) is 20.4. The fourth-order valence-electron chi connectivity index (χ4n) is 2.40. The molecular formula is C18H19FN4O4. The van der Waals surface area contributed by atoms with Gasteiger partial charge in [0.25, 0.3) is 5.71 Å². The lowest BCUT2D eigenvalue weighted by atomic mass is 10.1. The van der Waals surface area contributed by atoms with Crippen LogP contribution in [-0.4, -0.2) is 47.5 Å². The number of rotatable bonds is 7. The second kappa shape index (κ2) is 8.09. The number of nitrogens with one attached hydrogen (secondary N) is 1. The van der Waals surface area contributed by atoms with Gasteiger partial charge in [-0.2, -0.15) is 4.98 Å². The molecule has 0 bridgehead atoms. The van der Waals surface area contributed by atoms with Crippen LogP contribution in [0.4, 0.5) is 10.2 Å². The Morgan fingerprint density at radius 2 is 2.04 bits per heavy atom. The van der Waals surface area contributed by atoms with Crippen molar-refractivity contribution in [2.45, 2.75) is 20.0 Å². The summed E-state index contributed by atoms with van der Waals surface area (Å²) in [6.07, 6.45) is -0.102. The molecule has 0 saturated heterocycles. The SMILES string of the molecule is CCOC(=O)c1nc(NCC(C)OC)c2c(-c3ccc(F)cc3)noc2n1. The number of aromatic nitrogens is 3. The summed E-state index contributed by atoms with van der Waals surface area (Å²) in [5.74, 6) is -0.812. The van der Waals surface area contributed by atoms with E-state index in [4.69, 9.17) is 14.0 Å². The summed E-state index contributed by atoms with van der Waals surface area (Å²) in [5.41, 5.74) is 1.19. The number of esters is 1. The van der Waals surface area contributed by atoms with Gasteiger partial charge in [0, 0.05) is 19.2 Å². The van der Waals surface area contributed by atoms with Crippen LogP contribution in [0.2, 0.25) is 0 Å². The molecular weight excluding hydrogens is 355 g/mol. The molecule has 0 aliphatic rings. The Balaban J connectivity index is 2.10. The van der Waals surface area contributed by atoms with Crippen molar-refractivity contribution in [1.82, 2.24) is 15.1 Å². The Morgan fingerprint density at radius 1 is 1.30 bits per heavy atom. The summed E-state index contributed by atoms with van der Waals surface area (Å²) in [5, 5.41) is 7.64. The van der Waals surface area contributed by atoms with Crippen LogP contribution in [0.5, 0.6) is 0 Å². The highest BCUT2D eigenvalue weighted by Crippen LogP contribution is 2.32. The van der Waals surface area contributed by atoms with Crippen molar-refractivity contribution in [3.8, 4) is 11.3 Å². The Labute approximate surface area is 154 Å². The Morgan fingerprint density at radius 3 is 2.70 bits per heavy atom. The molecule has 8 nitrogen and oxygen atoms in total. The molecule has 1 aromatic carbocycles. The van der Waals surface area contributed by atoms with Crippen LogP contribution in [0.15, 0.2) is 28.8 Å². The molecule has 1 unspecified atom stereocenters. The summed E-state index contributed by atoms with van der Waals surface area (Å²) in [6.45, 7) is 4.20. The lowest BCUT2D eigenvalue weighted by Crippen LogP contribution is -2.20. The minimum Gasteiger partial charge on any atom is -0.460 e. The second-order valence-electron chi connectivity index (χ2n) is 5.76. The van der Waals surface area contributed by atoms with Gasteiger partial charge in [0.05, 0.1) is 12.7 Å². The number of carbonyl (C=O) groups is 1. The molecule has 0 fully saturated rings. The number of ether oxygens (including phenoxy) is 2. The van der Waals surface area contributed by atoms with Gasteiger partial charge in [-0.3, -0.25) is 0 Å². The zero-order valence-electron chi connectivity index (χ0n) is 15.2. The first-order valence-corrected chi connectivity index (χ1v) is 8.40. The number of hydrogen-bond acceptors (Lipinski definition) is 8. The van der Waals surface area contributed by atoms with Crippen molar-refractivity contribution in [1.29, 1.82) is 0 Å². The van der Waals surface area contributed by atoms with E-state index in [0.717, 1.165) is 0 Å². The van der Waals surface area contributed by atoms with Crippen LogP contribution in [0.1, 0.15) is 24.5 Å². The second-order valence-corrected chi connectivity index (χ2v) is 5.76. The van der Waals surface area contributed by atoms with Gasteiger partial charge in [0.15, 0.2) is 0 Å². The fraction of sp³-hybridized carbons (Fsp3) is 0.333. The van der Waals surface area contributed by atoms with Gasteiger partial charge in [-0.1, -0.05) is 5.16 Å². The van der Waals surface area contributed by atoms with E-state index in [1.54, 1.807) is 26.2 Å². The lowest BCUT2D eigenvalue weighted by Gasteiger charge is -2.12. The smallest absolute Gasteiger partial charge is 0.376 e. The summed E-state index contributed by atoms with van der Waals surface area (Å²) in [7, 11) is 1.59. The molecule has 142 valence electrons. The van der Waals surface area contributed by atoms with Crippen LogP contribution in [0, 0.1) is 5.82 Å². The first kappa shape index (κ1) is 18.7. The largest absolute Gasteiger partial charge is 0.460 e. The quantitative estimate of drug-likeness (QED) is 0.630. The number of hydrogen-bond donors (Lipinski definition) is 1. The van der Waals surface area contributed by atoms with Gasteiger partial charge in [-0.05, 0) is 38.1 Å². The van der Waals surface area contributed by atoms with E-state index in [1.807, 2.05) is 6.92 Å². The van der Waals surface area contributed by atoms with Crippen molar-refractivity contribution in [2.24, 2.45) is 0 Å². The van der Waals surface area contributed by atoms with E-state index in [0.29, 0.717) is 29.0 Å². The number of benzene rings is 1. The molecule has 27 heavy (non-hydrogen) atoms. The average Bonchev–Trinajstić information content (AvgIpc) is 3.10. The molecule has 0 aliphatic carbocycles. The maximum Gasteiger partial charge on any atom is 0.376 e. The van der Waals surface area contributed by atoms with E-state index >= 15 is 0 Å². The van der Waals surface area contributed by atoms with Gasteiger partial charge in [-0.25, -0.2) is 14.2 Å². The highest BCUT2D eigenvalue weighted by atomic mass is 19.1. The maximum atomic E-state index is 13.2. The van der Waals surface area contributed by atoms with Crippen LogP contribution < -0.4 is 5.32 Å². The fourth-order valence-corrected chi connectivity index (χ4v) is 2.40. The molecule has 1 atom stereocenters. The third-order valence-electron chi connectivity index (χ3n) is 3.87. The first-order valence-electron chi connectivity index (χ1n) is 8.40. The number of fused-ring (bicyclic) bond motifs is 1. The van der Waals surface area contributed by atoms with E-state index < -0.39 is 5.97 Å². The monoisotopic (exact) mass is 374 g/mol. The van der Waals surface area contributed by atoms with E-state index in [1.165, 1.54) is 12.1 Å². The maximum absolute atomic E-state index is 13.2. The average molecular weight is 374 g/mol. The molecule has 2 heterocycles. The van der Waals surface area contributed by atoms with Crippen molar-refractivity contribution in [3.63, 3.8) is 0 Å². The highest BCUT2D eigenvalue weighted by molar-refractivity contribution is 5.99. The molecule has 2 aromatic heterocycles. The predicted octanol–water partition coefficient (Wildman–Crippen LogP) is 3.05. The normalized spacial score (nSPS) is 12.1. The van der Waals surface area contributed by atoms with Crippen molar-refractivity contribution in [3.05, 3.63) is 35.9 Å². The third kappa shape index (κ3) is 4.03. The van der Waals surface area contributed by atoms with Crippen molar-refractivity contribution in [2.75, 3.05) is 25.6 Å². The van der Waals surface area contributed by atoms with E-state index in [9.17, 15) is 9.18 Å². The van der Waals surface area contributed by atoms with Crippen molar-refractivity contribution < 1.29 is 23.2 Å². The number of nitrogens with zero attached hydrogens (tertiary/aromatic N) is 3. The Kier molecular flexibility index (Phi) is 5.60. The minimum atomic E-state index is -0.665. The van der Waals surface area contributed by atoms with Crippen LogP contribution in [0.3, 0.4) is 0 Å². The summed E-state index contributed by atoms with van der Waals surface area (Å²) < 4.78 is 28.7. The zero-order chi connectivity index (χ0) is 19.4. The summed E-state index contributed by atoms with van der Waals surface area (Å²) >= 11 is 0. The molecule has 0 radical (unpaired) electrons. The van der Waals surface area contributed by atoms with Crippen LogP contribution in [-0.2, 0) is 9.47 Å². The first-order chi connectivity index (χ1) is 13.0. The van der Waals surface area contributed by atoms with Gasteiger partial charge in [0.2, 0.25) is 5.82 Å². The van der Waals surface area contributed by atoms with Crippen molar-refractivity contribution >= 4 is 22.9 Å². The number of halogens is 1. The molecule has 9 heteroatoms. The third-order valence-corrected chi connectivity index (χ3v) is 3.87. The van der Waals surface area contributed by atoms with Gasteiger partial charge >= 0.3 is 5.97 Å². The van der Waals surface area contributed by atoms with Crippen LogP contribution in [0.25, 0.3) is 22.4 Å². The van der Waals surface area contributed by atoms with Gasteiger partial charge in [0.1, 0.15) is 22.7 Å². The predicted molar refractivity (Wildman–Crippen MR) is 95.9 cm³/mol.